The number of rotatable bonds is 6. The Morgan fingerprint density at radius 3 is 2.52 bits per heavy atom. The van der Waals surface area contributed by atoms with Crippen molar-refractivity contribution >= 4 is 11.6 Å². The maximum absolute atomic E-state index is 12.1. The van der Waals surface area contributed by atoms with Crippen LogP contribution in [0.4, 0.5) is 5.69 Å². The van der Waals surface area contributed by atoms with E-state index >= 15 is 0 Å². The summed E-state index contributed by atoms with van der Waals surface area (Å²) in [6, 6.07) is 10.00. The molecule has 0 atom stereocenters. The van der Waals surface area contributed by atoms with E-state index in [0.717, 1.165) is 17.9 Å². The number of nitrogens with zero attached hydrogens (tertiary/aromatic N) is 2. The highest BCUT2D eigenvalue weighted by molar-refractivity contribution is 5.94. The number of H-pyrrole nitrogens is 1. The molecule has 1 heterocycles. The lowest BCUT2D eigenvalue weighted by atomic mass is 10.1. The van der Waals surface area contributed by atoms with Crippen LogP contribution >= 0.6 is 0 Å². The van der Waals surface area contributed by atoms with E-state index in [2.05, 4.69) is 41.2 Å². The molecule has 0 aliphatic carbocycles. The third kappa shape index (κ3) is 3.84. The Morgan fingerprint density at radius 1 is 1.29 bits per heavy atom. The van der Waals surface area contributed by atoms with Crippen molar-refractivity contribution in [1.29, 1.82) is 0 Å². The van der Waals surface area contributed by atoms with Crippen molar-refractivity contribution in [2.24, 2.45) is 0 Å². The molecule has 0 spiro atoms. The van der Waals surface area contributed by atoms with E-state index < -0.39 is 0 Å². The minimum Gasteiger partial charge on any atom is -0.369 e. The van der Waals surface area contributed by atoms with Gasteiger partial charge in [0.1, 0.15) is 0 Å². The van der Waals surface area contributed by atoms with Crippen LogP contribution in [0.25, 0.3) is 0 Å². The molecule has 1 aromatic carbocycles. The number of amides is 1. The van der Waals surface area contributed by atoms with E-state index in [1.807, 2.05) is 30.3 Å². The van der Waals surface area contributed by atoms with Gasteiger partial charge in [0.05, 0.1) is 12.2 Å². The van der Waals surface area contributed by atoms with Crippen LogP contribution in [0.15, 0.2) is 36.5 Å². The van der Waals surface area contributed by atoms with Gasteiger partial charge in [-0.3, -0.25) is 9.89 Å². The molecule has 5 heteroatoms. The Hall–Kier alpha value is -2.30. The normalized spacial score (nSPS) is 10.7. The van der Waals surface area contributed by atoms with Crippen molar-refractivity contribution in [3.63, 3.8) is 0 Å². The quantitative estimate of drug-likeness (QED) is 0.858. The predicted molar refractivity (Wildman–Crippen MR) is 84.4 cm³/mol. The molecular weight excluding hydrogens is 264 g/mol. The van der Waals surface area contributed by atoms with Gasteiger partial charge in [-0.15, -0.1) is 0 Å². The molecule has 5 nitrogen and oxygen atoms in total. The Kier molecular flexibility index (Phi) is 4.98. The van der Waals surface area contributed by atoms with Crippen LogP contribution in [-0.4, -0.2) is 28.7 Å². The van der Waals surface area contributed by atoms with Crippen LogP contribution in [0.1, 0.15) is 36.8 Å². The minimum atomic E-state index is -0.0799. The first-order valence-electron chi connectivity index (χ1n) is 7.25. The van der Waals surface area contributed by atoms with Gasteiger partial charge in [-0.05, 0) is 51.1 Å². The zero-order chi connectivity index (χ0) is 15.2. The van der Waals surface area contributed by atoms with Gasteiger partial charge in [-0.1, -0.05) is 0 Å². The number of hydrogen-bond donors (Lipinski definition) is 2. The molecule has 2 rings (SSSR count). The number of anilines is 1. The Morgan fingerprint density at radius 2 is 2.00 bits per heavy atom. The van der Waals surface area contributed by atoms with E-state index in [9.17, 15) is 4.79 Å². The van der Waals surface area contributed by atoms with Crippen molar-refractivity contribution in [2.75, 3.05) is 11.4 Å². The second-order valence-corrected chi connectivity index (χ2v) is 5.19. The molecule has 2 aromatic rings. The van der Waals surface area contributed by atoms with Gasteiger partial charge in [0, 0.05) is 30.0 Å². The van der Waals surface area contributed by atoms with Gasteiger partial charge < -0.3 is 10.2 Å². The smallest absolute Gasteiger partial charge is 0.251 e. The lowest BCUT2D eigenvalue weighted by molar-refractivity contribution is 0.0950. The lowest BCUT2D eigenvalue weighted by Gasteiger charge is -2.27. The largest absolute Gasteiger partial charge is 0.369 e. The van der Waals surface area contributed by atoms with Crippen LogP contribution in [0, 0.1) is 0 Å². The summed E-state index contributed by atoms with van der Waals surface area (Å²) < 4.78 is 0. The molecule has 0 saturated heterocycles. The van der Waals surface area contributed by atoms with Crippen LogP contribution in [0.2, 0.25) is 0 Å². The van der Waals surface area contributed by atoms with Crippen molar-refractivity contribution in [3.8, 4) is 0 Å². The molecule has 0 saturated carbocycles. The first kappa shape index (κ1) is 15.1. The zero-order valence-corrected chi connectivity index (χ0v) is 12.8. The summed E-state index contributed by atoms with van der Waals surface area (Å²) in [6.07, 6.45) is 1.67. The average molecular weight is 286 g/mol. The number of carbonyl (C=O) groups excluding carboxylic acids is 1. The van der Waals surface area contributed by atoms with E-state index in [-0.39, 0.29) is 5.91 Å². The van der Waals surface area contributed by atoms with Crippen molar-refractivity contribution in [3.05, 3.63) is 47.8 Å². The molecule has 0 aliphatic rings. The van der Waals surface area contributed by atoms with Crippen LogP contribution < -0.4 is 10.2 Å². The van der Waals surface area contributed by atoms with Crippen molar-refractivity contribution in [1.82, 2.24) is 15.5 Å². The summed E-state index contributed by atoms with van der Waals surface area (Å²) in [5.74, 6) is -0.0799. The number of aromatic amines is 1. The monoisotopic (exact) mass is 286 g/mol. The molecule has 0 radical (unpaired) electrons. The fraction of sp³-hybridized carbons (Fsp3) is 0.375. The summed E-state index contributed by atoms with van der Waals surface area (Å²) >= 11 is 0. The third-order valence-electron chi connectivity index (χ3n) is 3.42. The lowest BCUT2D eigenvalue weighted by Crippen LogP contribution is -2.30. The van der Waals surface area contributed by atoms with E-state index in [1.165, 1.54) is 0 Å². The highest BCUT2D eigenvalue weighted by atomic mass is 16.1. The standard InChI is InChI=1S/C16H22N4O/c1-4-20(12(2)3)15-7-5-13(6-8-15)16(21)17-11-14-9-10-18-19-14/h5-10,12H,4,11H2,1-3H3,(H,17,21)(H,18,19). The van der Waals surface area contributed by atoms with E-state index in [1.54, 1.807) is 6.20 Å². The summed E-state index contributed by atoms with van der Waals surface area (Å²) in [5, 5.41) is 9.53. The number of benzene rings is 1. The number of carbonyl (C=O) groups is 1. The van der Waals surface area contributed by atoms with Gasteiger partial charge in [-0.2, -0.15) is 5.10 Å². The average Bonchev–Trinajstić information content (AvgIpc) is 2.99. The maximum atomic E-state index is 12.1. The molecule has 0 aliphatic heterocycles. The SMILES string of the molecule is CCN(c1ccc(C(=O)NCc2ccn[nH]2)cc1)C(C)C. The number of nitrogens with one attached hydrogen (secondary N) is 2. The van der Waals surface area contributed by atoms with Gasteiger partial charge in [0.2, 0.25) is 0 Å². The fourth-order valence-electron chi connectivity index (χ4n) is 2.31. The van der Waals surface area contributed by atoms with E-state index in [4.69, 9.17) is 0 Å². The molecule has 0 fully saturated rings. The fourth-order valence-corrected chi connectivity index (χ4v) is 2.31. The first-order valence-corrected chi connectivity index (χ1v) is 7.25. The van der Waals surface area contributed by atoms with Crippen molar-refractivity contribution in [2.45, 2.75) is 33.4 Å². The third-order valence-corrected chi connectivity index (χ3v) is 3.42. The summed E-state index contributed by atoms with van der Waals surface area (Å²) in [7, 11) is 0. The Bertz CT molecular complexity index is 560. The molecule has 2 N–H and O–H groups in total. The number of hydrogen-bond acceptors (Lipinski definition) is 3. The van der Waals surface area contributed by atoms with Crippen LogP contribution in [-0.2, 0) is 6.54 Å². The van der Waals surface area contributed by atoms with Gasteiger partial charge in [0.15, 0.2) is 0 Å². The summed E-state index contributed by atoms with van der Waals surface area (Å²) in [6.45, 7) is 7.85. The highest BCUT2D eigenvalue weighted by Gasteiger charge is 2.10. The van der Waals surface area contributed by atoms with E-state index in [0.29, 0.717) is 18.2 Å². The topological polar surface area (TPSA) is 61.0 Å². The highest BCUT2D eigenvalue weighted by Crippen LogP contribution is 2.17. The van der Waals surface area contributed by atoms with Crippen molar-refractivity contribution < 1.29 is 4.79 Å². The summed E-state index contributed by atoms with van der Waals surface area (Å²) in [4.78, 5) is 14.3. The first-order chi connectivity index (χ1) is 10.1. The predicted octanol–water partition coefficient (Wildman–Crippen LogP) is 2.57. The number of aromatic nitrogens is 2. The molecule has 1 amide bonds. The summed E-state index contributed by atoms with van der Waals surface area (Å²) in [5.41, 5.74) is 2.69. The molecule has 1 aromatic heterocycles. The molecule has 112 valence electrons. The molecule has 21 heavy (non-hydrogen) atoms. The minimum absolute atomic E-state index is 0.0799. The second kappa shape index (κ2) is 6.92. The second-order valence-electron chi connectivity index (χ2n) is 5.19. The van der Waals surface area contributed by atoms with Crippen LogP contribution in [0.3, 0.4) is 0 Å². The zero-order valence-electron chi connectivity index (χ0n) is 12.8. The molecule has 0 bridgehead atoms. The van der Waals surface area contributed by atoms with Gasteiger partial charge in [-0.25, -0.2) is 0 Å². The molecule has 0 unspecified atom stereocenters. The maximum Gasteiger partial charge on any atom is 0.251 e. The van der Waals surface area contributed by atoms with Gasteiger partial charge in [0.25, 0.3) is 5.91 Å². The molecular formula is C16H22N4O. The Labute approximate surface area is 125 Å². The van der Waals surface area contributed by atoms with Crippen LogP contribution in [0.5, 0.6) is 0 Å². The van der Waals surface area contributed by atoms with Gasteiger partial charge >= 0.3 is 0 Å². The Balaban J connectivity index is 1.99.